The van der Waals surface area contributed by atoms with Crippen LogP contribution in [0.2, 0.25) is 0 Å². The van der Waals surface area contributed by atoms with Gasteiger partial charge in [0.2, 0.25) is 0 Å². The summed E-state index contributed by atoms with van der Waals surface area (Å²) in [7, 11) is 1.67. The van der Waals surface area contributed by atoms with E-state index in [4.69, 9.17) is 14.2 Å². The summed E-state index contributed by atoms with van der Waals surface area (Å²) in [5.74, 6) is 1.90. The average molecular weight is 399 g/mol. The van der Waals surface area contributed by atoms with Crippen molar-refractivity contribution >= 4 is 5.91 Å². The van der Waals surface area contributed by atoms with E-state index < -0.39 is 0 Å². The number of carbonyl (C=O) groups is 1. The number of rotatable bonds is 10. The van der Waals surface area contributed by atoms with E-state index in [0.29, 0.717) is 24.7 Å². The van der Waals surface area contributed by atoms with Gasteiger partial charge >= 0.3 is 0 Å². The third kappa shape index (κ3) is 5.87. The highest BCUT2D eigenvalue weighted by Gasteiger charge is 2.24. The molecule has 0 bridgehead atoms. The van der Waals surface area contributed by atoms with Crippen molar-refractivity contribution in [3.05, 3.63) is 54.1 Å². The Morgan fingerprint density at radius 2 is 1.79 bits per heavy atom. The Kier molecular flexibility index (Phi) is 7.76. The quantitative estimate of drug-likeness (QED) is 0.664. The zero-order chi connectivity index (χ0) is 20.5. The molecule has 1 aliphatic heterocycles. The third-order valence-electron chi connectivity index (χ3n) is 5.06. The SMILES string of the molecule is CCOc1ccccc1OCC(=O)NCC(c1cccc(OC)c1)N1CCCC1. The molecule has 1 amide bonds. The zero-order valence-electron chi connectivity index (χ0n) is 17.2. The number of para-hydroxylation sites is 2. The molecule has 1 atom stereocenters. The van der Waals surface area contributed by atoms with Gasteiger partial charge in [-0.05, 0) is 62.7 Å². The number of hydrogen-bond acceptors (Lipinski definition) is 5. The van der Waals surface area contributed by atoms with Crippen LogP contribution >= 0.6 is 0 Å². The molecular weight excluding hydrogens is 368 g/mol. The minimum atomic E-state index is -0.150. The maximum absolute atomic E-state index is 12.4. The molecule has 1 unspecified atom stereocenters. The van der Waals surface area contributed by atoms with Crippen molar-refractivity contribution in [3.8, 4) is 17.2 Å². The number of methoxy groups -OCH3 is 1. The number of likely N-dealkylation sites (tertiary alicyclic amines) is 1. The highest BCUT2D eigenvalue weighted by Crippen LogP contribution is 2.28. The lowest BCUT2D eigenvalue weighted by Crippen LogP contribution is -2.38. The maximum Gasteiger partial charge on any atom is 0.258 e. The van der Waals surface area contributed by atoms with Crippen LogP contribution in [-0.4, -0.2) is 50.8 Å². The Balaban J connectivity index is 1.59. The Labute approximate surface area is 172 Å². The molecule has 3 rings (SSSR count). The molecule has 1 fully saturated rings. The van der Waals surface area contributed by atoms with Gasteiger partial charge in [-0.1, -0.05) is 24.3 Å². The zero-order valence-corrected chi connectivity index (χ0v) is 17.2. The van der Waals surface area contributed by atoms with E-state index in [0.717, 1.165) is 24.4 Å². The number of nitrogens with one attached hydrogen (secondary N) is 1. The molecule has 1 heterocycles. The first-order valence-electron chi connectivity index (χ1n) is 10.2. The van der Waals surface area contributed by atoms with Gasteiger partial charge in [-0.2, -0.15) is 0 Å². The van der Waals surface area contributed by atoms with Gasteiger partial charge in [0.1, 0.15) is 5.75 Å². The first-order valence-corrected chi connectivity index (χ1v) is 10.2. The van der Waals surface area contributed by atoms with Crippen LogP contribution in [0.1, 0.15) is 31.4 Å². The fraction of sp³-hybridized carbons (Fsp3) is 0.435. The second-order valence-corrected chi connectivity index (χ2v) is 7.01. The summed E-state index contributed by atoms with van der Waals surface area (Å²) in [4.78, 5) is 14.9. The molecule has 0 radical (unpaired) electrons. The topological polar surface area (TPSA) is 60.0 Å². The van der Waals surface area contributed by atoms with Crippen molar-refractivity contribution in [2.45, 2.75) is 25.8 Å². The predicted molar refractivity (Wildman–Crippen MR) is 113 cm³/mol. The normalized spacial score (nSPS) is 15.0. The second kappa shape index (κ2) is 10.7. The summed E-state index contributed by atoms with van der Waals surface area (Å²) in [6.07, 6.45) is 2.37. The molecule has 1 N–H and O–H groups in total. The van der Waals surface area contributed by atoms with Gasteiger partial charge in [-0.15, -0.1) is 0 Å². The number of amides is 1. The van der Waals surface area contributed by atoms with E-state index in [-0.39, 0.29) is 18.6 Å². The lowest BCUT2D eigenvalue weighted by Gasteiger charge is -2.28. The van der Waals surface area contributed by atoms with Gasteiger partial charge in [-0.25, -0.2) is 0 Å². The molecule has 2 aromatic rings. The minimum absolute atomic E-state index is 0.0467. The van der Waals surface area contributed by atoms with Gasteiger partial charge in [0.05, 0.1) is 19.8 Å². The molecule has 0 aliphatic carbocycles. The van der Waals surface area contributed by atoms with Crippen LogP contribution in [0.3, 0.4) is 0 Å². The van der Waals surface area contributed by atoms with Crippen LogP contribution in [-0.2, 0) is 4.79 Å². The highest BCUT2D eigenvalue weighted by molar-refractivity contribution is 5.77. The van der Waals surface area contributed by atoms with E-state index in [2.05, 4.69) is 16.3 Å². The monoisotopic (exact) mass is 398 g/mol. The predicted octanol–water partition coefficient (Wildman–Crippen LogP) is 3.43. The highest BCUT2D eigenvalue weighted by atomic mass is 16.5. The Morgan fingerprint density at radius 3 is 2.48 bits per heavy atom. The summed E-state index contributed by atoms with van der Waals surface area (Å²) in [6.45, 7) is 5.02. The average Bonchev–Trinajstić information content (AvgIpc) is 3.28. The molecule has 0 aromatic heterocycles. The first-order chi connectivity index (χ1) is 14.2. The summed E-state index contributed by atoms with van der Waals surface area (Å²) >= 11 is 0. The number of ether oxygens (including phenoxy) is 3. The summed E-state index contributed by atoms with van der Waals surface area (Å²) in [6, 6.07) is 15.6. The third-order valence-corrected chi connectivity index (χ3v) is 5.06. The molecule has 2 aromatic carbocycles. The fourth-order valence-electron chi connectivity index (χ4n) is 3.61. The van der Waals surface area contributed by atoms with E-state index in [1.807, 2.05) is 49.4 Å². The van der Waals surface area contributed by atoms with E-state index in [1.165, 1.54) is 12.8 Å². The van der Waals surface area contributed by atoms with Crippen LogP contribution in [0.15, 0.2) is 48.5 Å². The molecular formula is C23H30N2O4. The molecule has 0 spiro atoms. The van der Waals surface area contributed by atoms with Gasteiger partial charge in [-0.3, -0.25) is 9.69 Å². The molecule has 29 heavy (non-hydrogen) atoms. The first kappa shape index (κ1) is 21.0. The van der Waals surface area contributed by atoms with Gasteiger partial charge < -0.3 is 19.5 Å². The number of carbonyl (C=O) groups excluding carboxylic acids is 1. The van der Waals surface area contributed by atoms with Crippen LogP contribution in [0.4, 0.5) is 0 Å². The lowest BCUT2D eigenvalue weighted by molar-refractivity contribution is -0.123. The maximum atomic E-state index is 12.4. The Bertz CT molecular complexity index is 790. The second-order valence-electron chi connectivity index (χ2n) is 7.01. The molecule has 156 valence electrons. The van der Waals surface area contributed by atoms with Gasteiger partial charge in [0.25, 0.3) is 5.91 Å². The van der Waals surface area contributed by atoms with E-state index >= 15 is 0 Å². The number of nitrogens with zero attached hydrogens (tertiary/aromatic N) is 1. The van der Waals surface area contributed by atoms with Gasteiger partial charge in [0, 0.05) is 6.54 Å². The molecule has 0 saturated carbocycles. The minimum Gasteiger partial charge on any atom is -0.497 e. The smallest absolute Gasteiger partial charge is 0.258 e. The van der Waals surface area contributed by atoms with Crippen molar-refractivity contribution < 1.29 is 19.0 Å². The van der Waals surface area contributed by atoms with Gasteiger partial charge in [0.15, 0.2) is 18.1 Å². The summed E-state index contributed by atoms with van der Waals surface area (Å²) in [5.41, 5.74) is 1.15. The van der Waals surface area contributed by atoms with Crippen molar-refractivity contribution in [2.24, 2.45) is 0 Å². The van der Waals surface area contributed by atoms with Crippen LogP contribution in [0.5, 0.6) is 17.2 Å². The van der Waals surface area contributed by atoms with Crippen molar-refractivity contribution in [2.75, 3.05) is 40.0 Å². The Morgan fingerprint density at radius 1 is 1.07 bits per heavy atom. The summed E-state index contributed by atoms with van der Waals surface area (Å²) in [5, 5.41) is 3.03. The lowest BCUT2D eigenvalue weighted by atomic mass is 10.0. The van der Waals surface area contributed by atoms with E-state index in [9.17, 15) is 4.79 Å². The van der Waals surface area contributed by atoms with E-state index in [1.54, 1.807) is 7.11 Å². The molecule has 6 nitrogen and oxygen atoms in total. The summed E-state index contributed by atoms with van der Waals surface area (Å²) < 4.78 is 16.6. The number of hydrogen-bond donors (Lipinski definition) is 1. The standard InChI is InChI=1S/C23H30N2O4/c1-3-28-21-11-4-5-12-22(21)29-17-23(26)24-16-20(25-13-6-7-14-25)18-9-8-10-19(15-18)27-2/h4-5,8-12,15,20H,3,6-7,13-14,16-17H2,1-2H3,(H,24,26). The van der Waals surface area contributed by atoms with Crippen LogP contribution < -0.4 is 19.5 Å². The van der Waals surface area contributed by atoms with Crippen LogP contribution in [0.25, 0.3) is 0 Å². The van der Waals surface area contributed by atoms with Crippen molar-refractivity contribution in [1.29, 1.82) is 0 Å². The Hall–Kier alpha value is -2.73. The fourth-order valence-corrected chi connectivity index (χ4v) is 3.61. The largest absolute Gasteiger partial charge is 0.497 e. The van der Waals surface area contributed by atoms with Crippen molar-refractivity contribution in [1.82, 2.24) is 10.2 Å². The molecule has 1 saturated heterocycles. The molecule has 1 aliphatic rings. The van der Waals surface area contributed by atoms with Crippen LogP contribution in [0, 0.1) is 0 Å². The van der Waals surface area contributed by atoms with Crippen molar-refractivity contribution in [3.63, 3.8) is 0 Å². The molecule has 6 heteroatoms. The number of benzene rings is 2.